The van der Waals surface area contributed by atoms with Crippen molar-refractivity contribution in [3.05, 3.63) is 71.2 Å². The second kappa shape index (κ2) is 8.59. The topological polar surface area (TPSA) is 97.1 Å². The van der Waals surface area contributed by atoms with Crippen molar-refractivity contribution in [2.45, 2.75) is 57.7 Å². The first kappa shape index (κ1) is 20.9. The highest BCUT2D eigenvalue weighted by molar-refractivity contribution is 5.97. The number of para-hydroxylation sites is 1. The van der Waals surface area contributed by atoms with Gasteiger partial charge in [0.25, 0.3) is 5.91 Å². The van der Waals surface area contributed by atoms with Gasteiger partial charge in [-0.25, -0.2) is 4.63 Å². The standard InChI is InChI=1S/C26H27N5O3/c1-16-24(30-34-29-16)15-33-25-8-3-2-6-21(25)26(32)31-19-9-10-20(31)13-17(12-19)11-18-5-4-7-23-22(18)14-27-28-23/h2-8,14,17,19-20H,9-13,15H2,1H3,(H,27,28). The molecule has 4 aromatic rings. The Morgan fingerprint density at radius 3 is 2.74 bits per heavy atom. The first-order chi connectivity index (χ1) is 16.7. The molecule has 8 heteroatoms. The van der Waals surface area contributed by atoms with Gasteiger partial charge in [0.15, 0.2) is 0 Å². The number of fused-ring (bicyclic) bond motifs is 3. The van der Waals surface area contributed by atoms with Crippen LogP contribution in [0.3, 0.4) is 0 Å². The fourth-order valence-electron chi connectivity index (χ4n) is 5.74. The van der Waals surface area contributed by atoms with Crippen LogP contribution in [0.5, 0.6) is 5.75 Å². The van der Waals surface area contributed by atoms with Gasteiger partial charge in [-0.2, -0.15) is 5.10 Å². The number of benzene rings is 2. The van der Waals surface area contributed by atoms with Crippen molar-refractivity contribution >= 4 is 16.8 Å². The van der Waals surface area contributed by atoms with Crippen LogP contribution in [-0.2, 0) is 13.0 Å². The SMILES string of the molecule is Cc1nonc1COc1ccccc1C(=O)N1C2CCC1CC(Cc1cccc3[nH]ncc13)C2. The Balaban J connectivity index is 1.18. The van der Waals surface area contributed by atoms with Crippen LogP contribution in [0.2, 0.25) is 0 Å². The van der Waals surface area contributed by atoms with Gasteiger partial charge in [-0.05, 0) is 68.7 Å². The number of nitrogens with one attached hydrogen (secondary N) is 1. The van der Waals surface area contributed by atoms with Gasteiger partial charge in [-0.1, -0.05) is 34.6 Å². The first-order valence-corrected chi connectivity index (χ1v) is 11.9. The van der Waals surface area contributed by atoms with Crippen LogP contribution in [-0.4, -0.2) is 43.4 Å². The van der Waals surface area contributed by atoms with Crippen molar-refractivity contribution in [1.82, 2.24) is 25.4 Å². The molecular formula is C26H27N5O3. The molecule has 0 radical (unpaired) electrons. The maximum atomic E-state index is 13.7. The van der Waals surface area contributed by atoms with Crippen LogP contribution in [0, 0.1) is 12.8 Å². The zero-order chi connectivity index (χ0) is 23.1. The van der Waals surface area contributed by atoms with Gasteiger partial charge in [-0.15, -0.1) is 0 Å². The summed E-state index contributed by atoms with van der Waals surface area (Å²) in [7, 11) is 0. The lowest BCUT2D eigenvalue weighted by molar-refractivity contribution is 0.0520. The number of hydrogen-bond donors (Lipinski definition) is 1. The molecule has 2 aliphatic heterocycles. The quantitative estimate of drug-likeness (QED) is 0.459. The van der Waals surface area contributed by atoms with E-state index in [1.807, 2.05) is 37.4 Å². The molecule has 2 unspecified atom stereocenters. The molecule has 8 nitrogen and oxygen atoms in total. The normalized spacial score (nSPS) is 21.8. The van der Waals surface area contributed by atoms with Gasteiger partial charge in [0, 0.05) is 17.5 Å². The highest BCUT2D eigenvalue weighted by Gasteiger charge is 2.43. The zero-order valence-electron chi connectivity index (χ0n) is 19.1. The molecule has 2 fully saturated rings. The monoisotopic (exact) mass is 457 g/mol. The molecule has 0 aliphatic carbocycles. The van der Waals surface area contributed by atoms with Crippen molar-refractivity contribution in [1.29, 1.82) is 0 Å². The smallest absolute Gasteiger partial charge is 0.258 e. The third-order valence-electron chi connectivity index (χ3n) is 7.38. The van der Waals surface area contributed by atoms with Crippen LogP contribution in [0.1, 0.15) is 53.0 Å². The van der Waals surface area contributed by atoms with E-state index in [1.54, 1.807) is 0 Å². The Labute approximate surface area is 197 Å². The minimum Gasteiger partial charge on any atom is -0.486 e. The molecule has 0 spiro atoms. The number of rotatable bonds is 6. The summed E-state index contributed by atoms with van der Waals surface area (Å²) in [4.78, 5) is 15.8. The molecule has 2 aliphatic rings. The molecule has 2 bridgehead atoms. The summed E-state index contributed by atoms with van der Waals surface area (Å²) in [6.07, 6.45) is 7.14. The molecule has 2 atom stereocenters. The number of carbonyl (C=O) groups excluding carboxylic acids is 1. The molecule has 1 amide bonds. The van der Waals surface area contributed by atoms with Crippen LogP contribution in [0.15, 0.2) is 53.3 Å². The molecule has 174 valence electrons. The molecule has 2 saturated heterocycles. The van der Waals surface area contributed by atoms with Gasteiger partial charge in [-0.3, -0.25) is 9.89 Å². The summed E-state index contributed by atoms with van der Waals surface area (Å²) in [5.41, 5.74) is 4.36. The summed E-state index contributed by atoms with van der Waals surface area (Å²) in [5.74, 6) is 1.20. The lowest BCUT2D eigenvalue weighted by Gasteiger charge is -2.39. The molecule has 0 saturated carbocycles. The van der Waals surface area contributed by atoms with Crippen molar-refractivity contribution in [2.24, 2.45) is 5.92 Å². The number of aromatic nitrogens is 4. The Bertz CT molecular complexity index is 1310. The van der Waals surface area contributed by atoms with Gasteiger partial charge < -0.3 is 9.64 Å². The van der Waals surface area contributed by atoms with Crippen LogP contribution >= 0.6 is 0 Å². The largest absolute Gasteiger partial charge is 0.486 e. The van der Waals surface area contributed by atoms with Crippen molar-refractivity contribution in [3.63, 3.8) is 0 Å². The highest BCUT2D eigenvalue weighted by atomic mass is 16.6. The van der Waals surface area contributed by atoms with Crippen LogP contribution in [0.25, 0.3) is 10.9 Å². The lowest BCUT2D eigenvalue weighted by Crippen LogP contribution is -2.47. The molecule has 1 N–H and O–H groups in total. The minimum absolute atomic E-state index is 0.0634. The van der Waals surface area contributed by atoms with Gasteiger partial charge in [0.05, 0.1) is 17.3 Å². The van der Waals surface area contributed by atoms with E-state index in [4.69, 9.17) is 9.37 Å². The van der Waals surface area contributed by atoms with Gasteiger partial charge in [0.2, 0.25) is 0 Å². The summed E-state index contributed by atoms with van der Waals surface area (Å²) in [6, 6.07) is 14.4. The number of nitrogens with zero attached hydrogens (tertiary/aromatic N) is 4. The predicted octanol–water partition coefficient (Wildman–Crippen LogP) is 4.46. The third-order valence-corrected chi connectivity index (χ3v) is 7.38. The summed E-state index contributed by atoms with van der Waals surface area (Å²) < 4.78 is 10.7. The molecule has 4 heterocycles. The number of ether oxygens (including phenoxy) is 1. The molecular weight excluding hydrogens is 430 g/mol. The molecule has 34 heavy (non-hydrogen) atoms. The van der Waals surface area contributed by atoms with E-state index in [0.29, 0.717) is 28.6 Å². The van der Waals surface area contributed by atoms with Crippen LogP contribution in [0.4, 0.5) is 0 Å². The summed E-state index contributed by atoms with van der Waals surface area (Å²) in [6.45, 7) is 2.04. The zero-order valence-corrected chi connectivity index (χ0v) is 19.1. The number of aryl methyl sites for hydroxylation is 1. The number of hydrogen-bond acceptors (Lipinski definition) is 6. The van der Waals surface area contributed by atoms with E-state index >= 15 is 0 Å². The number of piperidine rings is 1. The number of aromatic amines is 1. The van der Waals surface area contributed by atoms with Crippen molar-refractivity contribution in [3.8, 4) is 5.75 Å². The van der Waals surface area contributed by atoms with E-state index < -0.39 is 0 Å². The van der Waals surface area contributed by atoms with E-state index in [2.05, 4.69) is 43.6 Å². The second-order valence-corrected chi connectivity index (χ2v) is 9.47. The van der Waals surface area contributed by atoms with Gasteiger partial charge in [0.1, 0.15) is 23.7 Å². The summed E-state index contributed by atoms with van der Waals surface area (Å²) in [5, 5.41) is 16.1. The maximum absolute atomic E-state index is 13.7. The minimum atomic E-state index is 0.0634. The van der Waals surface area contributed by atoms with Gasteiger partial charge >= 0.3 is 0 Å². The molecule has 2 aromatic carbocycles. The number of carbonyl (C=O) groups is 1. The van der Waals surface area contributed by atoms with Crippen molar-refractivity contribution < 1.29 is 14.2 Å². The Morgan fingerprint density at radius 1 is 1.12 bits per heavy atom. The molecule has 6 rings (SSSR count). The fourth-order valence-corrected chi connectivity index (χ4v) is 5.74. The van der Waals surface area contributed by atoms with Crippen molar-refractivity contribution in [2.75, 3.05) is 0 Å². The third kappa shape index (κ3) is 3.73. The lowest BCUT2D eigenvalue weighted by atomic mass is 9.85. The second-order valence-electron chi connectivity index (χ2n) is 9.47. The number of amides is 1. The fraction of sp³-hybridized carbons (Fsp3) is 0.385. The predicted molar refractivity (Wildman–Crippen MR) is 125 cm³/mol. The Morgan fingerprint density at radius 2 is 1.94 bits per heavy atom. The average Bonchev–Trinajstić information content (AvgIpc) is 3.56. The van der Waals surface area contributed by atoms with Crippen LogP contribution < -0.4 is 4.74 Å². The first-order valence-electron chi connectivity index (χ1n) is 11.9. The average molecular weight is 458 g/mol. The summed E-state index contributed by atoms with van der Waals surface area (Å²) >= 11 is 0. The van der Waals surface area contributed by atoms with E-state index in [-0.39, 0.29) is 24.6 Å². The maximum Gasteiger partial charge on any atom is 0.258 e. The molecule has 2 aromatic heterocycles. The van der Waals surface area contributed by atoms with E-state index in [1.165, 1.54) is 10.9 Å². The van der Waals surface area contributed by atoms with E-state index in [0.717, 1.165) is 37.6 Å². The Hall–Kier alpha value is -3.68. The number of H-pyrrole nitrogens is 1. The van der Waals surface area contributed by atoms with E-state index in [9.17, 15) is 4.79 Å². The Kier molecular flexibility index (Phi) is 5.28. The highest BCUT2D eigenvalue weighted by Crippen LogP contribution is 2.42.